The van der Waals surface area contributed by atoms with Gasteiger partial charge in [0, 0.05) is 50.6 Å². The van der Waals surface area contributed by atoms with Gasteiger partial charge in [0.15, 0.2) is 0 Å². The van der Waals surface area contributed by atoms with Gasteiger partial charge < -0.3 is 20.0 Å². The van der Waals surface area contributed by atoms with Crippen LogP contribution in [0.25, 0.3) is 0 Å². The summed E-state index contributed by atoms with van der Waals surface area (Å²) in [5, 5.41) is 2.76. The van der Waals surface area contributed by atoms with E-state index in [1.807, 2.05) is 53.1 Å². The maximum absolute atomic E-state index is 14.2. The number of piperidine rings is 1. The molecule has 3 amide bonds. The monoisotopic (exact) mass is 556 g/mol. The van der Waals surface area contributed by atoms with Gasteiger partial charge in [-0.15, -0.1) is 0 Å². The Kier molecular flexibility index (Phi) is 8.97. The minimum Gasteiger partial charge on any atom is -0.367 e. The third-order valence-electron chi connectivity index (χ3n) is 8.09. The summed E-state index contributed by atoms with van der Waals surface area (Å²) in [5.41, 5.74) is 2.71. The molecular weight excluding hydrogens is 519 g/mol. The maximum Gasteiger partial charge on any atom is 0.258 e. The Morgan fingerprint density at radius 3 is 2.15 bits per heavy atom. The highest BCUT2D eigenvalue weighted by Gasteiger charge is 2.30. The Balaban J connectivity index is 1.35. The molecule has 0 bridgehead atoms. The van der Waals surface area contributed by atoms with Crippen LogP contribution < -0.4 is 10.2 Å². The SMILES string of the molecule is CC[C@H](C(=O)N1CCN(c2ccc(NC(=O)c3ccccc3F)cc2C(=O)N2CCCCC2)CC1)c1ccccc1. The quantitative estimate of drug-likeness (QED) is 0.415. The van der Waals surface area contributed by atoms with Crippen LogP contribution in [0.2, 0.25) is 0 Å². The molecule has 8 heteroatoms. The van der Waals surface area contributed by atoms with Crippen molar-refractivity contribution in [3.63, 3.8) is 0 Å². The molecule has 7 nitrogen and oxygen atoms in total. The number of halogens is 1. The summed E-state index contributed by atoms with van der Waals surface area (Å²) in [6.07, 6.45) is 3.77. The summed E-state index contributed by atoms with van der Waals surface area (Å²) in [6.45, 7) is 5.75. The van der Waals surface area contributed by atoms with Gasteiger partial charge in [0.05, 0.1) is 17.0 Å². The first kappa shape index (κ1) is 28.3. The number of rotatable bonds is 7. The normalized spacial score (nSPS) is 16.3. The predicted octanol–water partition coefficient (Wildman–Crippen LogP) is 5.55. The third-order valence-corrected chi connectivity index (χ3v) is 8.09. The predicted molar refractivity (Wildman–Crippen MR) is 159 cm³/mol. The zero-order valence-electron chi connectivity index (χ0n) is 23.5. The molecule has 1 N–H and O–H groups in total. The number of hydrogen-bond acceptors (Lipinski definition) is 4. The summed E-state index contributed by atoms with van der Waals surface area (Å²) >= 11 is 0. The van der Waals surface area contributed by atoms with Crippen LogP contribution in [0, 0.1) is 5.82 Å². The molecule has 0 unspecified atom stereocenters. The molecule has 0 spiro atoms. The summed E-state index contributed by atoms with van der Waals surface area (Å²) in [7, 11) is 0. The highest BCUT2D eigenvalue weighted by molar-refractivity contribution is 6.06. The molecule has 2 fully saturated rings. The summed E-state index contributed by atoms with van der Waals surface area (Å²) in [4.78, 5) is 45.9. The molecule has 0 radical (unpaired) electrons. The molecule has 2 aliphatic rings. The van der Waals surface area contributed by atoms with E-state index in [0.717, 1.165) is 36.9 Å². The first-order chi connectivity index (χ1) is 20.0. The van der Waals surface area contributed by atoms with Crippen molar-refractivity contribution in [1.29, 1.82) is 0 Å². The molecule has 3 aromatic carbocycles. The van der Waals surface area contributed by atoms with Gasteiger partial charge in [-0.3, -0.25) is 14.4 Å². The lowest BCUT2D eigenvalue weighted by molar-refractivity contribution is -0.133. The Morgan fingerprint density at radius 2 is 1.46 bits per heavy atom. The largest absolute Gasteiger partial charge is 0.367 e. The minimum atomic E-state index is -0.601. The second-order valence-corrected chi connectivity index (χ2v) is 10.7. The molecule has 2 heterocycles. The van der Waals surface area contributed by atoms with Gasteiger partial charge in [-0.1, -0.05) is 49.4 Å². The van der Waals surface area contributed by atoms with Gasteiger partial charge in [0.2, 0.25) is 5.91 Å². The molecule has 0 saturated carbocycles. The Hall–Kier alpha value is -4.20. The van der Waals surface area contributed by atoms with Crippen molar-refractivity contribution in [2.24, 2.45) is 0 Å². The molecule has 0 aromatic heterocycles. The number of hydrogen-bond donors (Lipinski definition) is 1. The van der Waals surface area contributed by atoms with E-state index in [0.29, 0.717) is 50.5 Å². The van der Waals surface area contributed by atoms with Crippen molar-refractivity contribution in [3.05, 3.63) is 95.3 Å². The third kappa shape index (κ3) is 6.42. The zero-order chi connectivity index (χ0) is 28.8. The summed E-state index contributed by atoms with van der Waals surface area (Å²) < 4.78 is 14.2. The molecule has 41 heavy (non-hydrogen) atoms. The van der Waals surface area contributed by atoms with Gasteiger partial charge in [-0.2, -0.15) is 0 Å². The fourth-order valence-electron chi connectivity index (χ4n) is 5.80. The van der Waals surface area contributed by atoms with Gasteiger partial charge in [-0.25, -0.2) is 4.39 Å². The fraction of sp³-hybridized carbons (Fsp3) is 0.364. The maximum atomic E-state index is 14.2. The van der Waals surface area contributed by atoms with Gasteiger partial charge in [-0.05, 0) is 61.6 Å². The lowest BCUT2D eigenvalue weighted by atomic mass is 9.94. The van der Waals surface area contributed by atoms with Crippen LogP contribution >= 0.6 is 0 Å². The molecular formula is C33H37FN4O3. The average molecular weight is 557 g/mol. The minimum absolute atomic E-state index is 0.0536. The average Bonchev–Trinajstić information content (AvgIpc) is 3.02. The number of piperazine rings is 1. The molecule has 0 aliphatic carbocycles. The van der Waals surface area contributed by atoms with E-state index in [9.17, 15) is 18.8 Å². The number of benzene rings is 3. The Bertz CT molecular complexity index is 1380. The van der Waals surface area contributed by atoms with Gasteiger partial charge in [0.1, 0.15) is 5.82 Å². The number of nitrogens with one attached hydrogen (secondary N) is 1. The first-order valence-electron chi connectivity index (χ1n) is 14.5. The number of carbonyl (C=O) groups is 3. The molecule has 1 atom stereocenters. The second kappa shape index (κ2) is 13.0. The second-order valence-electron chi connectivity index (χ2n) is 10.7. The highest BCUT2D eigenvalue weighted by Crippen LogP contribution is 2.30. The van der Waals surface area contributed by atoms with Crippen LogP contribution in [0.3, 0.4) is 0 Å². The molecule has 3 aromatic rings. The van der Waals surface area contributed by atoms with Crippen molar-refractivity contribution in [2.45, 2.75) is 38.5 Å². The van der Waals surface area contributed by atoms with Crippen LogP contribution in [-0.4, -0.2) is 66.8 Å². The van der Waals surface area contributed by atoms with Crippen LogP contribution in [-0.2, 0) is 4.79 Å². The van der Waals surface area contributed by atoms with E-state index >= 15 is 0 Å². The van der Waals surface area contributed by atoms with E-state index in [-0.39, 0.29) is 23.3 Å². The topological polar surface area (TPSA) is 73.0 Å². The number of likely N-dealkylation sites (tertiary alicyclic amines) is 1. The van der Waals surface area contributed by atoms with E-state index in [1.54, 1.807) is 18.2 Å². The van der Waals surface area contributed by atoms with Crippen molar-refractivity contribution < 1.29 is 18.8 Å². The van der Waals surface area contributed by atoms with E-state index < -0.39 is 11.7 Å². The Labute approximate surface area is 240 Å². The number of amides is 3. The number of anilines is 2. The Morgan fingerprint density at radius 1 is 0.780 bits per heavy atom. The summed E-state index contributed by atoms with van der Waals surface area (Å²) in [5.74, 6) is -1.28. The van der Waals surface area contributed by atoms with E-state index in [4.69, 9.17) is 0 Å². The highest BCUT2D eigenvalue weighted by atomic mass is 19.1. The first-order valence-corrected chi connectivity index (χ1v) is 14.5. The van der Waals surface area contributed by atoms with Crippen LogP contribution in [0.5, 0.6) is 0 Å². The van der Waals surface area contributed by atoms with Crippen LogP contribution in [0.15, 0.2) is 72.8 Å². The standard InChI is InChI=1S/C33H37FN4O3/c1-2-26(24-11-5-3-6-12-24)32(40)38-21-19-36(20-22-38)30-16-15-25(35-31(39)27-13-7-8-14-29(27)34)23-28(30)33(41)37-17-9-4-10-18-37/h3,5-8,11-16,23,26H,2,4,9-10,17-22H2,1H3,(H,35,39)/t26-/m0/s1. The molecule has 2 saturated heterocycles. The van der Waals surface area contributed by atoms with Crippen LogP contribution in [0.4, 0.5) is 15.8 Å². The van der Waals surface area contributed by atoms with Crippen molar-refractivity contribution in [1.82, 2.24) is 9.80 Å². The van der Waals surface area contributed by atoms with Gasteiger partial charge >= 0.3 is 0 Å². The molecule has 5 rings (SSSR count). The van der Waals surface area contributed by atoms with E-state index in [2.05, 4.69) is 10.2 Å². The summed E-state index contributed by atoms with van der Waals surface area (Å²) in [6, 6.07) is 21.0. The molecule has 2 aliphatic heterocycles. The van der Waals surface area contributed by atoms with Crippen molar-refractivity contribution >= 4 is 29.1 Å². The van der Waals surface area contributed by atoms with E-state index in [1.165, 1.54) is 18.2 Å². The number of nitrogens with zero attached hydrogens (tertiary/aromatic N) is 3. The fourth-order valence-corrected chi connectivity index (χ4v) is 5.80. The van der Waals surface area contributed by atoms with Crippen LogP contribution in [0.1, 0.15) is 64.8 Å². The lowest BCUT2D eigenvalue weighted by Crippen LogP contribution is -2.50. The lowest BCUT2D eigenvalue weighted by Gasteiger charge is -2.38. The van der Waals surface area contributed by atoms with Crippen molar-refractivity contribution in [3.8, 4) is 0 Å². The molecule has 214 valence electrons. The van der Waals surface area contributed by atoms with Crippen molar-refractivity contribution in [2.75, 3.05) is 49.5 Å². The number of carbonyl (C=O) groups excluding carboxylic acids is 3. The zero-order valence-corrected chi connectivity index (χ0v) is 23.5. The smallest absolute Gasteiger partial charge is 0.258 e. The van der Waals surface area contributed by atoms with Gasteiger partial charge in [0.25, 0.3) is 11.8 Å².